The number of hydrogen-bond donors (Lipinski definition) is 1. The van der Waals surface area contributed by atoms with Gasteiger partial charge in [0.1, 0.15) is 12.4 Å². The number of β-amino-alcohol motifs (C(OH)–C–C–N with tert-alkyl or cyclic N) is 1. The molecule has 3 rings (SSSR count). The van der Waals surface area contributed by atoms with Crippen molar-refractivity contribution < 1.29 is 19.4 Å². The van der Waals surface area contributed by atoms with Crippen LogP contribution in [0, 0.1) is 5.92 Å². The van der Waals surface area contributed by atoms with Crippen molar-refractivity contribution in [2.75, 3.05) is 46.4 Å². The molecule has 2 saturated heterocycles. The van der Waals surface area contributed by atoms with Crippen LogP contribution in [0.3, 0.4) is 0 Å². The Morgan fingerprint density at radius 3 is 2.54 bits per heavy atom. The minimum absolute atomic E-state index is 0.0663. The first-order valence-corrected chi connectivity index (χ1v) is 9.55. The van der Waals surface area contributed by atoms with Gasteiger partial charge in [0.25, 0.3) is 0 Å². The monoisotopic (exact) mass is 362 g/mol. The fourth-order valence-electron chi connectivity index (χ4n) is 3.78. The predicted octanol–water partition coefficient (Wildman–Crippen LogP) is 1.39. The third kappa shape index (κ3) is 5.43. The number of benzene rings is 1. The van der Waals surface area contributed by atoms with Crippen LogP contribution in [0.25, 0.3) is 0 Å². The lowest BCUT2D eigenvalue weighted by Gasteiger charge is -2.32. The van der Waals surface area contributed by atoms with Crippen LogP contribution in [0.2, 0.25) is 0 Å². The van der Waals surface area contributed by atoms with E-state index >= 15 is 0 Å². The fourth-order valence-corrected chi connectivity index (χ4v) is 3.78. The maximum atomic E-state index is 12.5. The molecule has 2 atom stereocenters. The Morgan fingerprint density at radius 1 is 1.15 bits per heavy atom. The summed E-state index contributed by atoms with van der Waals surface area (Å²) in [6, 6.07) is 9.73. The topological polar surface area (TPSA) is 62.2 Å². The Labute approximate surface area is 155 Å². The molecule has 26 heavy (non-hydrogen) atoms. The van der Waals surface area contributed by atoms with E-state index in [-0.39, 0.29) is 24.0 Å². The van der Waals surface area contributed by atoms with E-state index in [0.29, 0.717) is 26.2 Å². The van der Waals surface area contributed by atoms with Crippen molar-refractivity contribution in [3.63, 3.8) is 0 Å². The second-order valence-corrected chi connectivity index (χ2v) is 7.37. The minimum atomic E-state index is -0.380. The fraction of sp³-hybridized carbons (Fsp3) is 0.650. The lowest BCUT2D eigenvalue weighted by Crippen LogP contribution is -2.42. The number of carbonyl (C=O) groups is 1. The molecule has 0 unspecified atom stereocenters. The first-order valence-electron chi connectivity index (χ1n) is 9.55. The van der Waals surface area contributed by atoms with E-state index in [0.717, 1.165) is 38.2 Å². The molecule has 144 valence electrons. The maximum Gasteiger partial charge on any atom is 0.222 e. The van der Waals surface area contributed by atoms with Crippen molar-refractivity contribution in [1.29, 1.82) is 0 Å². The van der Waals surface area contributed by atoms with E-state index in [1.54, 1.807) is 0 Å². The van der Waals surface area contributed by atoms with Crippen LogP contribution in [0.15, 0.2) is 30.3 Å². The molecule has 2 fully saturated rings. The molecule has 1 amide bonds. The van der Waals surface area contributed by atoms with Crippen molar-refractivity contribution in [2.24, 2.45) is 5.92 Å². The average molecular weight is 362 g/mol. The molecule has 1 aromatic carbocycles. The van der Waals surface area contributed by atoms with E-state index in [9.17, 15) is 9.90 Å². The number of hydrogen-bond acceptors (Lipinski definition) is 5. The number of piperidine rings is 1. The zero-order chi connectivity index (χ0) is 18.4. The van der Waals surface area contributed by atoms with Gasteiger partial charge >= 0.3 is 0 Å². The zero-order valence-corrected chi connectivity index (χ0v) is 15.5. The Bertz CT molecular complexity index is 560. The third-order valence-electron chi connectivity index (χ3n) is 5.27. The molecule has 6 heteroatoms. The van der Waals surface area contributed by atoms with E-state index < -0.39 is 0 Å². The highest BCUT2D eigenvalue weighted by atomic mass is 16.5. The summed E-state index contributed by atoms with van der Waals surface area (Å²) in [6.07, 6.45) is 1.99. The third-order valence-corrected chi connectivity index (χ3v) is 5.27. The average Bonchev–Trinajstić information content (AvgIpc) is 2.97. The summed E-state index contributed by atoms with van der Waals surface area (Å²) in [5, 5.41) is 10.0. The Kier molecular flexibility index (Phi) is 6.88. The van der Waals surface area contributed by atoms with Gasteiger partial charge in [-0.3, -0.25) is 4.79 Å². The number of nitrogens with zero attached hydrogens (tertiary/aromatic N) is 2. The molecule has 0 bridgehead atoms. The number of aliphatic hydroxyl groups is 1. The number of rotatable bonds is 7. The van der Waals surface area contributed by atoms with Crippen LogP contribution in [0.4, 0.5) is 0 Å². The van der Waals surface area contributed by atoms with Crippen molar-refractivity contribution in [1.82, 2.24) is 9.80 Å². The SMILES string of the molecule is CN1C[C@@H](CC(=O)N2CCC(OCCOc3ccccc3)CC2)[C@H](O)C1. The quantitative estimate of drug-likeness (QED) is 0.743. The molecule has 0 saturated carbocycles. The number of likely N-dealkylation sites (tertiary alicyclic amines) is 2. The summed E-state index contributed by atoms with van der Waals surface area (Å²) in [4.78, 5) is 16.5. The molecule has 6 nitrogen and oxygen atoms in total. The predicted molar refractivity (Wildman–Crippen MR) is 99.1 cm³/mol. The van der Waals surface area contributed by atoms with Crippen LogP contribution >= 0.6 is 0 Å². The van der Waals surface area contributed by atoms with Crippen molar-refractivity contribution in [2.45, 2.75) is 31.5 Å². The molecule has 2 aliphatic rings. The highest BCUT2D eigenvalue weighted by Gasteiger charge is 2.33. The van der Waals surface area contributed by atoms with Gasteiger partial charge in [-0.2, -0.15) is 0 Å². The summed E-state index contributed by atoms with van der Waals surface area (Å²) < 4.78 is 11.5. The molecule has 0 spiro atoms. The smallest absolute Gasteiger partial charge is 0.222 e. The van der Waals surface area contributed by atoms with Gasteiger partial charge in [0.15, 0.2) is 0 Å². The van der Waals surface area contributed by atoms with Crippen LogP contribution in [0.5, 0.6) is 5.75 Å². The summed E-state index contributed by atoms with van der Waals surface area (Å²) in [7, 11) is 1.98. The van der Waals surface area contributed by atoms with E-state index in [4.69, 9.17) is 9.47 Å². The van der Waals surface area contributed by atoms with Crippen LogP contribution in [0.1, 0.15) is 19.3 Å². The highest BCUT2D eigenvalue weighted by Crippen LogP contribution is 2.22. The largest absolute Gasteiger partial charge is 0.491 e. The number of para-hydroxylation sites is 1. The molecule has 0 radical (unpaired) electrons. The van der Waals surface area contributed by atoms with E-state index in [2.05, 4.69) is 4.90 Å². The first-order chi connectivity index (χ1) is 12.6. The number of ether oxygens (including phenoxy) is 2. The molecule has 1 aromatic rings. The van der Waals surface area contributed by atoms with E-state index in [1.165, 1.54) is 0 Å². The molecular weight excluding hydrogens is 332 g/mol. The number of likely N-dealkylation sites (N-methyl/N-ethyl adjacent to an activating group) is 1. The van der Waals surface area contributed by atoms with Crippen molar-refractivity contribution in [3.8, 4) is 5.75 Å². The Hall–Kier alpha value is -1.63. The molecule has 1 N–H and O–H groups in total. The van der Waals surface area contributed by atoms with Crippen LogP contribution in [-0.2, 0) is 9.53 Å². The van der Waals surface area contributed by atoms with Gasteiger partial charge in [0, 0.05) is 38.5 Å². The summed E-state index contributed by atoms with van der Waals surface area (Å²) in [6.45, 7) is 4.04. The number of carbonyl (C=O) groups excluding carboxylic acids is 1. The Morgan fingerprint density at radius 2 is 1.88 bits per heavy atom. The molecule has 0 aromatic heterocycles. The number of amides is 1. The zero-order valence-electron chi connectivity index (χ0n) is 15.5. The minimum Gasteiger partial charge on any atom is -0.491 e. The van der Waals surface area contributed by atoms with Crippen LogP contribution < -0.4 is 4.74 Å². The summed E-state index contributed by atoms with van der Waals surface area (Å²) in [5.74, 6) is 1.09. The van der Waals surface area contributed by atoms with Gasteiger partial charge in [-0.05, 0) is 32.0 Å². The molecule has 2 heterocycles. The molecular formula is C20H30N2O4. The normalized spacial score (nSPS) is 24.8. The van der Waals surface area contributed by atoms with Gasteiger partial charge in [0.2, 0.25) is 5.91 Å². The van der Waals surface area contributed by atoms with Gasteiger partial charge < -0.3 is 24.4 Å². The summed E-state index contributed by atoms with van der Waals surface area (Å²) in [5.41, 5.74) is 0. The number of aliphatic hydroxyl groups excluding tert-OH is 1. The van der Waals surface area contributed by atoms with Crippen molar-refractivity contribution in [3.05, 3.63) is 30.3 Å². The first kappa shape index (κ1) is 19.1. The van der Waals surface area contributed by atoms with E-state index in [1.807, 2.05) is 42.3 Å². The van der Waals surface area contributed by atoms with Crippen molar-refractivity contribution >= 4 is 5.91 Å². The van der Waals surface area contributed by atoms with Gasteiger partial charge in [-0.1, -0.05) is 18.2 Å². The molecule has 2 aliphatic heterocycles. The highest BCUT2D eigenvalue weighted by molar-refractivity contribution is 5.76. The standard InChI is InChI=1S/C20H30N2O4/c1-21-14-16(19(23)15-21)13-20(24)22-9-7-18(8-10-22)26-12-11-25-17-5-3-2-4-6-17/h2-6,16,18-19,23H,7-15H2,1H3/t16-,19-/m1/s1. The lowest BCUT2D eigenvalue weighted by atomic mass is 10.00. The van der Waals surface area contributed by atoms with Gasteiger partial charge in [0.05, 0.1) is 18.8 Å². The van der Waals surface area contributed by atoms with Gasteiger partial charge in [-0.25, -0.2) is 0 Å². The molecule has 0 aliphatic carbocycles. The second kappa shape index (κ2) is 9.35. The van der Waals surface area contributed by atoms with Crippen LogP contribution in [-0.4, -0.2) is 79.5 Å². The second-order valence-electron chi connectivity index (χ2n) is 7.37. The maximum absolute atomic E-state index is 12.5. The lowest BCUT2D eigenvalue weighted by molar-refractivity contribution is -0.135. The Balaban J connectivity index is 1.30. The summed E-state index contributed by atoms with van der Waals surface area (Å²) >= 11 is 0. The van der Waals surface area contributed by atoms with Gasteiger partial charge in [-0.15, -0.1) is 0 Å².